The number of methoxy groups -OCH3 is 2. The molecular weight excluding hydrogens is 318 g/mol. The van der Waals surface area contributed by atoms with Crippen LogP contribution < -0.4 is 14.9 Å². The number of nitrogens with one attached hydrogen (secondary N) is 1. The minimum Gasteiger partial charge on any atom is -0.493 e. The Hall–Kier alpha value is -2.08. The number of fused-ring (bicyclic) bond motifs is 1. The van der Waals surface area contributed by atoms with Crippen molar-refractivity contribution in [3.63, 3.8) is 0 Å². The minimum atomic E-state index is -0.121. The molecule has 0 radical (unpaired) electrons. The van der Waals surface area contributed by atoms with Crippen LogP contribution in [-0.4, -0.2) is 50.4 Å². The van der Waals surface area contributed by atoms with E-state index in [0.29, 0.717) is 6.04 Å². The number of ether oxygens (including phenoxy) is 2. The maximum atomic E-state index is 11.1. The number of rotatable bonds is 4. The lowest BCUT2D eigenvalue weighted by molar-refractivity contribution is -0.118. The summed E-state index contributed by atoms with van der Waals surface area (Å²) in [6, 6.07) is 6.68. The van der Waals surface area contributed by atoms with Crippen LogP contribution in [0.15, 0.2) is 23.3 Å². The summed E-state index contributed by atoms with van der Waals surface area (Å²) >= 11 is 0. The highest BCUT2D eigenvalue weighted by Gasteiger charge is 2.49. The van der Waals surface area contributed by atoms with Gasteiger partial charge in [-0.3, -0.25) is 4.79 Å². The third-order valence-corrected chi connectivity index (χ3v) is 5.70. The highest BCUT2D eigenvalue weighted by molar-refractivity contribution is 5.88. The first-order valence-electron chi connectivity index (χ1n) is 8.75. The number of nitrogens with zero attached hydrogens (tertiary/aromatic N) is 2. The molecule has 6 heteroatoms. The molecular formula is C19H27N3O3. The van der Waals surface area contributed by atoms with Crippen molar-refractivity contribution in [1.29, 1.82) is 0 Å². The summed E-state index contributed by atoms with van der Waals surface area (Å²) in [4.78, 5) is 13.6. The lowest BCUT2D eigenvalue weighted by Crippen LogP contribution is -2.46. The number of likely N-dealkylation sites (N-methyl/N-ethyl adjacent to an activating group) is 1. The highest BCUT2D eigenvalue weighted by Crippen LogP contribution is 2.49. The Bertz CT molecular complexity index is 688. The normalized spacial score (nSPS) is 27.8. The van der Waals surface area contributed by atoms with E-state index < -0.39 is 0 Å². The Labute approximate surface area is 149 Å². The fourth-order valence-electron chi connectivity index (χ4n) is 4.34. The molecule has 1 N–H and O–H groups in total. The topological polar surface area (TPSA) is 63.2 Å². The fraction of sp³-hybridized carbons (Fsp3) is 0.579. The first-order chi connectivity index (χ1) is 12.0. The number of likely N-dealkylation sites (tertiary alicyclic amines) is 1. The van der Waals surface area contributed by atoms with Gasteiger partial charge in [-0.15, -0.1) is 0 Å². The van der Waals surface area contributed by atoms with E-state index in [4.69, 9.17) is 9.47 Å². The van der Waals surface area contributed by atoms with Crippen molar-refractivity contribution >= 4 is 11.6 Å². The van der Waals surface area contributed by atoms with Crippen LogP contribution in [0, 0.1) is 0 Å². The molecule has 0 bridgehead atoms. The van der Waals surface area contributed by atoms with Crippen molar-refractivity contribution in [2.45, 2.75) is 44.1 Å². The monoisotopic (exact) mass is 345 g/mol. The summed E-state index contributed by atoms with van der Waals surface area (Å²) < 4.78 is 10.9. The molecule has 1 heterocycles. The van der Waals surface area contributed by atoms with Crippen LogP contribution in [0.5, 0.6) is 11.5 Å². The molecule has 25 heavy (non-hydrogen) atoms. The van der Waals surface area contributed by atoms with Gasteiger partial charge in [0.15, 0.2) is 11.5 Å². The van der Waals surface area contributed by atoms with Crippen molar-refractivity contribution < 1.29 is 14.3 Å². The van der Waals surface area contributed by atoms with Crippen molar-refractivity contribution in [2.75, 3.05) is 27.8 Å². The van der Waals surface area contributed by atoms with Gasteiger partial charge >= 0.3 is 0 Å². The molecule has 1 aromatic rings. The van der Waals surface area contributed by atoms with Crippen molar-refractivity contribution in [2.24, 2.45) is 5.10 Å². The van der Waals surface area contributed by atoms with Crippen LogP contribution in [0.4, 0.5) is 0 Å². The number of carbonyl (C=O) groups is 1. The van der Waals surface area contributed by atoms with Gasteiger partial charge in [0.1, 0.15) is 0 Å². The summed E-state index contributed by atoms with van der Waals surface area (Å²) in [5.41, 5.74) is 5.07. The minimum absolute atomic E-state index is 0.101. The molecule has 136 valence electrons. The van der Waals surface area contributed by atoms with E-state index in [1.165, 1.54) is 12.5 Å². The molecule has 1 saturated heterocycles. The molecule has 2 fully saturated rings. The smallest absolute Gasteiger partial charge is 0.236 e. The molecule has 1 aliphatic heterocycles. The lowest BCUT2D eigenvalue weighted by Gasteiger charge is -2.42. The van der Waals surface area contributed by atoms with E-state index in [9.17, 15) is 4.79 Å². The van der Waals surface area contributed by atoms with Crippen LogP contribution in [0.25, 0.3) is 0 Å². The zero-order valence-electron chi connectivity index (χ0n) is 15.5. The second kappa shape index (κ2) is 7.04. The summed E-state index contributed by atoms with van der Waals surface area (Å²) in [6.45, 7) is 2.55. The van der Waals surface area contributed by atoms with Crippen molar-refractivity contribution in [3.8, 4) is 11.5 Å². The molecule has 0 spiro atoms. The second-order valence-electron chi connectivity index (χ2n) is 7.02. The third kappa shape index (κ3) is 3.23. The number of benzene rings is 1. The summed E-state index contributed by atoms with van der Waals surface area (Å²) in [5, 5.41) is 4.31. The van der Waals surface area contributed by atoms with E-state index >= 15 is 0 Å². The van der Waals surface area contributed by atoms with Gasteiger partial charge in [0.2, 0.25) is 5.91 Å². The number of carbonyl (C=O) groups excluding carboxylic acids is 1. The van der Waals surface area contributed by atoms with Gasteiger partial charge in [0.25, 0.3) is 0 Å². The first-order valence-corrected chi connectivity index (χ1v) is 8.75. The Morgan fingerprint density at radius 2 is 2.04 bits per heavy atom. The Morgan fingerprint density at radius 1 is 1.28 bits per heavy atom. The predicted molar refractivity (Wildman–Crippen MR) is 97.4 cm³/mol. The van der Waals surface area contributed by atoms with Crippen molar-refractivity contribution in [1.82, 2.24) is 10.3 Å². The average Bonchev–Trinajstić information content (AvgIpc) is 2.97. The predicted octanol–water partition coefficient (Wildman–Crippen LogP) is 2.32. The van der Waals surface area contributed by atoms with Crippen molar-refractivity contribution in [3.05, 3.63) is 23.8 Å². The Kier molecular flexibility index (Phi) is 4.99. The van der Waals surface area contributed by atoms with E-state index in [1.54, 1.807) is 14.2 Å². The molecule has 1 saturated carbocycles. The SMILES string of the molecule is COc1ccc(C23CC/C(=N\NC(C)=O)CC2N(C)CC3)cc1OC. The molecule has 1 aromatic carbocycles. The first kappa shape index (κ1) is 17.7. The Morgan fingerprint density at radius 3 is 2.72 bits per heavy atom. The lowest BCUT2D eigenvalue weighted by atomic mass is 9.65. The summed E-state index contributed by atoms with van der Waals surface area (Å²) in [5.74, 6) is 1.42. The molecule has 2 unspecified atom stereocenters. The number of amides is 1. The molecule has 2 atom stereocenters. The summed E-state index contributed by atoms with van der Waals surface area (Å²) in [6.07, 6.45) is 3.93. The number of hydrogen-bond acceptors (Lipinski definition) is 5. The molecule has 1 amide bonds. The Balaban J connectivity index is 1.92. The van der Waals surface area contributed by atoms with Gasteiger partial charge in [-0.05, 0) is 50.6 Å². The zero-order chi connectivity index (χ0) is 18.0. The average molecular weight is 345 g/mol. The number of hydrogen-bond donors (Lipinski definition) is 1. The molecule has 3 rings (SSSR count). The van der Waals surface area contributed by atoms with Crippen LogP contribution >= 0.6 is 0 Å². The van der Waals surface area contributed by atoms with Gasteiger partial charge in [-0.1, -0.05) is 6.07 Å². The van der Waals surface area contributed by atoms with E-state index in [0.717, 1.165) is 49.4 Å². The maximum absolute atomic E-state index is 11.1. The standard InChI is InChI=1S/C19H27N3O3/c1-13(23)20-21-15-7-8-19(9-10-22(2)18(19)12-15)14-5-6-16(24-3)17(11-14)25-4/h5-6,11,18H,7-10,12H2,1-4H3,(H,20,23)/b21-15+. The van der Waals surface area contributed by atoms with Gasteiger partial charge in [0, 0.05) is 30.5 Å². The largest absolute Gasteiger partial charge is 0.493 e. The third-order valence-electron chi connectivity index (χ3n) is 5.70. The fourth-order valence-corrected chi connectivity index (χ4v) is 4.34. The quantitative estimate of drug-likeness (QED) is 0.851. The highest BCUT2D eigenvalue weighted by atomic mass is 16.5. The van der Waals surface area contributed by atoms with E-state index in [1.807, 2.05) is 6.07 Å². The van der Waals surface area contributed by atoms with Crippen LogP contribution in [-0.2, 0) is 10.2 Å². The van der Waals surface area contributed by atoms with Gasteiger partial charge in [-0.25, -0.2) is 5.43 Å². The van der Waals surface area contributed by atoms with Gasteiger partial charge in [0.05, 0.1) is 14.2 Å². The summed E-state index contributed by atoms with van der Waals surface area (Å²) in [7, 11) is 5.51. The zero-order valence-corrected chi connectivity index (χ0v) is 15.5. The van der Waals surface area contributed by atoms with Crippen LogP contribution in [0.3, 0.4) is 0 Å². The van der Waals surface area contributed by atoms with Gasteiger partial charge in [-0.2, -0.15) is 5.10 Å². The number of hydrazone groups is 1. The second-order valence-corrected chi connectivity index (χ2v) is 7.02. The molecule has 6 nitrogen and oxygen atoms in total. The molecule has 1 aliphatic carbocycles. The molecule has 2 aliphatic rings. The van der Waals surface area contributed by atoms with E-state index in [-0.39, 0.29) is 11.3 Å². The maximum Gasteiger partial charge on any atom is 0.236 e. The van der Waals surface area contributed by atoms with Gasteiger partial charge < -0.3 is 14.4 Å². The molecule has 0 aromatic heterocycles. The van der Waals surface area contributed by atoms with E-state index in [2.05, 4.69) is 34.6 Å². The van der Waals surface area contributed by atoms with Crippen LogP contribution in [0.1, 0.15) is 38.2 Å². The van der Waals surface area contributed by atoms with Crippen LogP contribution in [0.2, 0.25) is 0 Å².